The third kappa shape index (κ3) is 1.04. The summed E-state index contributed by atoms with van der Waals surface area (Å²) in [6, 6.07) is 0. The maximum absolute atomic E-state index is 4.37. The molecule has 0 amide bonds. The SMILES string of the molecule is CCc1ncc2c(n1)C=CC2. The molecule has 1 aromatic heterocycles. The predicted octanol–water partition coefficient (Wildman–Crippen LogP) is 1.61. The van der Waals surface area contributed by atoms with Crippen LogP contribution in [0.3, 0.4) is 0 Å². The number of aryl methyl sites for hydroxylation is 1. The fourth-order valence-electron chi connectivity index (χ4n) is 1.23. The van der Waals surface area contributed by atoms with E-state index in [4.69, 9.17) is 0 Å². The Balaban J connectivity index is 2.47. The molecule has 0 fully saturated rings. The summed E-state index contributed by atoms with van der Waals surface area (Å²) >= 11 is 0. The van der Waals surface area contributed by atoms with Gasteiger partial charge < -0.3 is 0 Å². The van der Waals surface area contributed by atoms with Crippen LogP contribution >= 0.6 is 0 Å². The second kappa shape index (κ2) is 2.46. The molecule has 0 atom stereocenters. The van der Waals surface area contributed by atoms with E-state index in [2.05, 4.69) is 29.0 Å². The summed E-state index contributed by atoms with van der Waals surface area (Å²) in [5.41, 5.74) is 2.36. The minimum absolute atomic E-state index is 0.918. The molecule has 1 aliphatic rings. The molecule has 0 saturated heterocycles. The second-order valence-electron chi connectivity index (χ2n) is 2.66. The van der Waals surface area contributed by atoms with Gasteiger partial charge in [-0.3, -0.25) is 0 Å². The van der Waals surface area contributed by atoms with Crippen molar-refractivity contribution in [1.29, 1.82) is 0 Å². The normalized spacial score (nSPS) is 13.5. The van der Waals surface area contributed by atoms with Crippen molar-refractivity contribution in [2.45, 2.75) is 19.8 Å². The molecule has 1 heterocycles. The molecule has 0 spiro atoms. The van der Waals surface area contributed by atoms with E-state index >= 15 is 0 Å². The molecule has 0 aromatic carbocycles. The molecule has 0 aliphatic heterocycles. The third-order valence-electron chi connectivity index (χ3n) is 1.88. The first kappa shape index (κ1) is 6.53. The Morgan fingerprint density at radius 1 is 1.55 bits per heavy atom. The van der Waals surface area contributed by atoms with Gasteiger partial charge in [-0.05, 0) is 18.1 Å². The van der Waals surface area contributed by atoms with Gasteiger partial charge in [-0.25, -0.2) is 9.97 Å². The summed E-state index contributed by atoms with van der Waals surface area (Å²) in [7, 11) is 0. The molecule has 56 valence electrons. The van der Waals surface area contributed by atoms with Crippen LogP contribution in [0.5, 0.6) is 0 Å². The van der Waals surface area contributed by atoms with Crippen molar-refractivity contribution in [1.82, 2.24) is 9.97 Å². The van der Waals surface area contributed by atoms with Crippen LogP contribution in [0.25, 0.3) is 6.08 Å². The fraction of sp³-hybridized carbons (Fsp3) is 0.333. The van der Waals surface area contributed by atoms with Crippen LogP contribution in [0.1, 0.15) is 24.0 Å². The quantitative estimate of drug-likeness (QED) is 0.601. The van der Waals surface area contributed by atoms with Crippen molar-refractivity contribution in [2.24, 2.45) is 0 Å². The van der Waals surface area contributed by atoms with Gasteiger partial charge in [0.1, 0.15) is 5.82 Å². The largest absolute Gasteiger partial charge is 0.241 e. The zero-order chi connectivity index (χ0) is 7.68. The van der Waals surface area contributed by atoms with Crippen molar-refractivity contribution in [3.8, 4) is 0 Å². The monoisotopic (exact) mass is 146 g/mol. The van der Waals surface area contributed by atoms with Gasteiger partial charge in [0.15, 0.2) is 0 Å². The van der Waals surface area contributed by atoms with Crippen molar-refractivity contribution in [3.05, 3.63) is 29.4 Å². The van der Waals surface area contributed by atoms with Gasteiger partial charge in [-0.15, -0.1) is 0 Å². The van der Waals surface area contributed by atoms with Crippen molar-refractivity contribution < 1.29 is 0 Å². The minimum Gasteiger partial charge on any atom is -0.241 e. The molecule has 1 aromatic rings. The van der Waals surface area contributed by atoms with Gasteiger partial charge in [0, 0.05) is 12.6 Å². The minimum atomic E-state index is 0.918. The Morgan fingerprint density at radius 3 is 3.27 bits per heavy atom. The van der Waals surface area contributed by atoms with E-state index in [-0.39, 0.29) is 0 Å². The van der Waals surface area contributed by atoms with Gasteiger partial charge in [0.2, 0.25) is 0 Å². The number of hydrogen-bond donors (Lipinski definition) is 0. The molecular weight excluding hydrogens is 136 g/mol. The average Bonchev–Trinajstić information content (AvgIpc) is 2.50. The zero-order valence-corrected chi connectivity index (χ0v) is 6.54. The van der Waals surface area contributed by atoms with Crippen LogP contribution in [-0.2, 0) is 12.8 Å². The highest BCUT2D eigenvalue weighted by Crippen LogP contribution is 2.15. The first-order chi connectivity index (χ1) is 5.40. The lowest BCUT2D eigenvalue weighted by Crippen LogP contribution is -1.96. The van der Waals surface area contributed by atoms with E-state index in [1.165, 1.54) is 5.56 Å². The summed E-state index contributed by atoms with van der Waals surface area (Å²) in [4.78, 5) is 8.59. The standard InChI is InChI=1S/C9H10N2/c1-2-9-10-6-7-4-3-5-8(7)11-9/h3,5-6H,2,4H2,1H3. The molecule has 1 aliphatic carbocycles. The number of rotatable bonds is 1. The van der Waals surface area contributed by atoms with Crippen molar-refractivity contribution in [3.63, 3.8) is 0 Å². The Hall–Kier alpha value is -1.18. The highest BCUT2D eigenvalue weighted by Gasteiger charge is 2.06. The molecular formula is C9H10N2. The lowest BCUT2D eigenvalue weighted by Gasteiger charge is -1.98. The molecule has 0 N–H and O–H groups in total. The van der Waals surface area contributed by atoms with Crippen LogP contribution in [0, 0.1) is 0 Å². The maximum atomic E-state index is 4.37. The highest BCUT2D eigenvalue weighted by molar-refractivity contribution is 5.55. The van der Waals surface area contributed by atoms with E-state index in [9.17, 15) is 0 Å². The summed E-state index contributed by atoms with van der Waals surface area (Å²) in [5, 5.41) is 0. The van der Waals surface area contributed by atoms with Gasteiger partial charge in [0.25, 0.3) is 0 Å². The van der Waals surface area contributed by atoms with Crippen LogP contribution < -0.4 is 0 Å². The Kier molecular flexibility index (Phi) is 1.46. The average molecular weight is 146 g/mol. The fourth-order valence-corrected chi connectivity index (χ4v) is 1.23. The van der Waals surface area contributed by atoms with Crippen LogP contribution in [0.4, 0.5) is 0 Å². The molecule has 0 radical (unpaired) electrons. The summed E-state index contributed by atoms with van der Waals surface area (Å²) < 4.78 is 0. The highest BCUT2D eigenvalue weighted by atomic mass is 14.9. The summed E-state index contributed by atoms with van der Waals surface area (Å²) in [6.07, 6.45) is 8.04. The number of hydrogen-bond acceptors (Lipinski definition) is 2. The Bertz CT molecular complexity index is 302. The van der Waals surface area contributed by atoms with E-state index < -0.39 is 0 Å². The van der Waals surface area contributed by atoms with Crippen LogP contribution in [0.2, 0.25) is 0 Å². The van der Waals surface area contributed by atoms with Crippen molar-refractivity contribution >= 4 is 6.08 Å². The van der Waals surface area contributed by atoms with Gasteiger partial charge in [-0.2, -0.15) is 0 Å². The second-order valence-corrected chi connectivity index (χ2v) is 2.66. The molecule has 0 saturated carbocycles. The number of fused-ring (bicyclic) bond motifs is 1. The van der Waals surface area contributed by atoms with Gasteiger partial charge >= 0.3 is 0 Å². The van der Waals surface area contributed by atoms with Gasteiger partial charge in [0.05, 0.1) is 5.69 Å². The number of aromatic nitrogens is 2. The van der Waals surface area contributed by atoms with Crippen molar-refractivity contribution in [2.75, 3.05) is 0 Å². The summed E-state index contributed by atoms with van der Waals surface area (Å²) in [6.45, 7) is 2.07. The van der Waals surface area contributed by atoms with Gasteiger partial charge in [-0.1, -0.05) is 13.0 Å². The smallest absolute Gasteiger partial charge is 0.128 e. The lowest BCUT2D eigenvalue weighted by atomic mass is 10.2. The van der Waals surface area contributed by atoms with Crippen LogP contribution in [0.15, 0.2) is 12.3 Å². The topological polar surface area (TPSA) is 25.8 Å². The predicted molar refractivity (Wildman–Crippen MR) is 44.1 cm³/mol. The molecule has 2 heteroatoms. The molecule has 2 nitrogen and oxygen atoms in total. The van der Waals surface area contributed by atoms with Crippen LogP contribution in [-0.4, -0.2) is 9.97 Å². The number of allylic oxidation sites excluding steroid dienone is 1. The lowest BCUT2D eigenvalue weighted by molar-refractivity contribution is 0.921. The molecule has 0 bridgehead atoms. The first-order valence-electron chi connectivity index (χ1n) is 3.91. The Labute approximate surface area is 66.0 Å². The van der Waals surface area contributed by atoms with E-state index in [0.717, 1.165) is 24.4 Å². The molecule has 2 rings (SSSR count). The van der Waals surface area contributed by atoms with E-state index in [1.54, 1.807) is 0 Å². The number of nitrogens with zero attached hydrogens (tertiary/aromatic N) is 2. The maximum Gasteiger partial charge on any atom is 0.128 e. The molecule has 11 heavy (non-hydrogen) atoms. The summed E-state index contributed by atoms with van der Waals surface area (Å²) in [5.74, 6) is 0.940. The third-order valence-corrected chi connectivity index (χ3v) is 1.88. The molecule has 0 unspecified atom stereocenters. The zero-order valence-electron chi connectivity index (χ0n) is 6.54. The first-order valence-corrected chi connectivity index (χ1v) is 3.91. The van der Waals surface area contributed by atoms with E-state index in [0.29, 0.717) is 0 Å². The van der Waals surface area contributed by atoms with E-state index in [1.807, 2.05) is 6.20 Å². The Morgan fingerprint density at radius 2 is 2.45 bits per heavy atom.